The van der Waals surface area contributed by atoms with Crippen molar-refractivity contribution in [3.05, 3.63) is 83.2 Å². The fourth-order valence-electron chi connectivity index (χ4n) is 2.57. The molecule has 3 aromatic rings. The Morgan fingerprint density at radius 3 is 2.24 bits per heavy atom. The molecule has 0 aliphatic carbocycles. The summed E-state index contributed by atoms with van der Waals surface area (Å²) < 4.78 is 25.9. The molecule has 8 heteroatoms. The van der Waals surface area contributed by atoms with Gasteiger partial charge >= 0.3 is 0 Å². The van der Waals surface area contributed by atoms with Crippen LogP contribution >= 0.6 is 23.1 Å². The maximum Gasteiger partial charge on any atom is 0.252 e. The Morgan fingerprint density at radius 2 is 1.62 bits per heavy atom. The minimum Gasteiger partial charge on any atom is -0.350 e. The van der Waals surface area contributed by atoms with E-state index in [4.69, 9.17) is 0 Å². The quantitative estimate of drug-likeness (QED) is 0.528. The number of nitrogens with zero attached hydrogens (tertiary/aromatic N) is 1. The second-order valence-corrected chi connectivity index (χ2v) is 11.2. The number of sulfonamides is 1. The van der Waals surface area contributed by atoms with Crippen LogP contribution in [0.3, 0.4) is 0 Å². The van der Waals surface area contributed by atoms with Crippen LogP contribution in [0.15, 0.2) is 81.9 Å². The predicted octanol–water partition coefficient (Wildman–Crippen LogP) is 4.15. The second-order valence-electron chi connectivity index (χ2n) is 6.45. The van der Waals surface area contributed by atoms with E-state index < -0.39 is 15.3 Å². The molecule has 2 aromatic carbocycles. The van der Waals surface area contributed by atoms with Crippen molar-refractivity contribution in [1.82, 2.24) is 9.62 Å². The third kappa shape index (κ3) is 5.48. The highest BCUT2D eigenvalue weighted by atomic mass is 32.2. The van der Waals surface area contributed by atoms with E-state index in [2.05, 4.69) is 5.32 Å². The Morgan fingerprint density at radius 1 is 1.00 bits per heavy atom. The van der Waals surface area contributed by atoms with Crippen LogP contribution in [0.5, 0.6) is 0 Å². The molecule has 0 saturated carbocycles. The highest BCUT2D eigenvalue weighted by Crippen LogP contribution is 2.35. The van der Waals surface area contributed by atoms with E-state index in [-0.39, 0.29) is 16.7 Å². The summed E-state index contributed by atoms with van der Waals surface area (Å²) in [5.74, 6) is -0.115. The number of nitrogens with one attached hydrogen (secondary N) is 1. The van der Waals surface area contributed by atoms with E-state index in [1.54, 1.807) is 12.1 Å². The molecule has 0 aliphatic rings. The molecule has 1 atom stereocenters. The third-order valence-electron chi connectivity index (χ3n) is 4.15. The van der Waals surface area contributed by atoms with Gasteiger partial charge in [-0.15, -0.1) is 23.1 Å². The Hall–Kier alpha value is -2.13. The summed E-state index contributed by atoms with van der Waals surface area (Å²) in [5, 5.41) is 2.55. The summed E-state index contributed by atoms with van der Waals surface area (Å²) >= 11 is 2.66. The first-order valence-corrected chi connectivity index (χ1v) is 12.1. The molecule has 29 heavy (non-hydrogen) atoms. The van der Waals surface area contributed by atoms with Crippen LogP contribution in [-0.4, -0.2) is 32.7 Å². The van der Waals surface area contributed by atoms with Crippen molar-refractivity contribution in [2.75, 3.05) is 14.1 Å². The van der Waals surface area contributed by atoms with Crippen molar-refractivity contribution < 1.29 is 13.2 Å². The zero-order valence-corrected chi connectivity index (χ0v) is 18.6. The third-order valence-corrected chi connectivity index (χ3v) is 8.78. The van der Waals surface area contributed by atoms with Crippen LogP contribution in [-0.2, 0) is 21.4 Å². The van der Waals surface area contributed by atoms with E-state index >= 15 is 0 Å². The van der Waals surface area contributed by atoms with Gasteiger partial charge in [-0.1, -0.05) is 48.5 Å². The molecular formula is C21H22N2O3S3. The second kappa shape index (κ2) is 9.58. The minimum absolute atomic E-state index is 0.115. The number of hydrogen-bond donors (Lipinski definition) is 1. The van der Waals surface area contributed by atoms with Crippen molar-refractivity contribution in [2.24, 2.45) is 0 Å². The Kier molecular flexibility index (Phi) is 7.13. The van der Waals surface area contributed by atoms with Crippen molar-refractivity contribution >= 4 is 39.0 Å². The lowest BCUT2D eigenvalue weighted by molar-refractivity contribution is -0.120. The number of thiophene rings is 1. The van der Waals surface area contributed by atoms with Crippen LogP contribution in [0.25, 0.3) is 0 Å². The van der Waals surface area contributed by atoms with Gasteiger partial charge in [0.15, 0.2) is 0 Å². The van der Waals surface area contributed by atoms with Gasteiger partial charge in [-0.3, -0.25) is 4.79 Å². The molecule has 1 amide bonds. The Balaban J connectivity index is 1.73. The fraction of sp³-hybridized carbons (Fsp3) is 0.190. The van der Waals surface area contributed by atoms with Crippen molar-refractivity contribution in [3.63, 3.8) is 0 Å². The summed E-state index contributed by atoms with van der Waals surface area (Å²) in [6, 6.07) is 22.7. The topological polar surface area (TPSA) is 66.5 Å². The number of rotatable bonds is 8. The smallest absolute Gasteiger partial charge is 0.252 e. The van der Waals surface area contributed by atoms with Crippen molar-refractivity contribution in [3.8, 4) is 0 Å². The summed E-state index contributed by atoms with van der Waals surface area (Å²) in [6.45, 7) is 0.283. The SMILES string of the molecule is CN(C)S(=O)(=O)c1ccc(CNC(=O)[C@H](Sc2ccccc2)c2ccccc2)s1. The molecule has 0 fully saturated rings. The van der Waals surface area contributed by atoms with E-state index in [9.17, 15) is 13.2 Å². The molecule has 3 rings (SSSR count). The summed E-state index contributed by atoms with van der Waals surface area (Å²) in [5.41, 5.74) is 0.918. The van der Waals surface area contributed by atoms with Gasteiger partial charge in [-0.25, -0.2) is 12.7 Å². The van der Waals surface area contributed by atoms with Crippen LogP contribution in [0, 0.1) is 0 Å². The van der Waals surface area contributed by atoms with Crippen LogP contribution < -0.4 is 5.32 Å². The summed E-state index contributed by atoms with van der Waals surface area (Å²) in [6.07, 6.45) is 0. The highest BCUT2D eigenvalue weighted by molar-refractivity contribution is 8.00. The van der Waals surface area contributed by atoms with Gasteiger partial charge in [0.2, 0.25) is 5.91 Å². The number of amides is 1. The molecule has 0 saturated heterocycles. The van der Waals surface area contributed by atoms with Crippen LogP contribution in [0.4, 0.5) is 0 Å². The Labute approximate surface area is 179 Å². The first-order valence-electron chi connectivity index (χ1n) is 8.93. The lowest BCUT2D eigenvalue weighted by atomic mass is 10.1. The molecule has 0 aliphatic heterocycles. The first kappa shape index (κ1) is 21.6. The molecule has 0 bridgehead atoms. The Bertz CT molecular complexity index is 1050. The molecule has 1 aromatic heterocycles. The average Bonchev–Trinajstić information content (AvgIpc) is 3.21. The number of carbonyl (C=O) groups is 1. The zero-order chi connectivity index (χ0) is 20.9. The summed E-state index contributed by atoms with van der Waals surface area (Å²) in [7, 11) is -0.456. The monoisotopic (exact) mass is 446 g/mol. The number of carbonyl (C=O) groups excluding carboxylic acids is 1. The van der Waals surface area contributed by atoms with E-state index in [0.29, 0.717) is 0 Å². The molecule has 1 N–H and O–H groups in total. The summed E-state index contributed by atoms with van der Waals surface area (Å²) in [4.78, 5) is 14.8. The minimum atomic E-state index is -3.46. The van der Waals surface area contributed by atoms with Gasteiger partial charge in [0.1, 0.15) is 9.46 Å². The zero-order valence-electron chi connectivity index (χ0n) is 16.1. The van der Waals surface area contributed by atoms with E-state index in [1.165, 1.54) is 41.5 Å². The molecular weight excluding hydrogens is 424 g/mol. The largest absolute Gasteiger partial charge is 0.350 e. The van der Waals surface area contributed by atoms with Gasteiger partial charge in [0, 0.05) is 23.9 Å². The molecule has 0 unspecified atom stereocenters. The normalized spacial score (nSPS) is 12.7. The van der Waals surface area contributed by atoms with E-state index in [1.807, 2.05) is 60.7 Å². The van der Waals surface area contributed by atoms with Gasteiger partial charge in [-0.2, -0.15) is 0 Å². The van der Waals surface area contributed by atoms with Crippen molar-refractivity contribution in [2.45, 2.75) is 20.9 Å². The maximum absolute atomic E-state index is 13.0. The first-order chi connectivity index (χ1) is 13.9. The number of thioether (sulfide) groups is 1. The molecule has 5 nitrogen and oxygen atoms in total. The molecule has 0 radical (unpaired) electrons. The highest BCUT2D eigenvalue weighted by Gasteiger charge is 2.23. The predicted molar refractivity (Wildman–Crippen MR) is 119 cm³/mol. The van der Waals surface area contributed by atoms with Crippen molar-refractivity contribution in [1.29, 1.82) is 0 Å². The van der Waals surface area contributed by atoms with Crippen LogP contribution in [0.1, 0.15) is 15.7 Å². The van der Waals surface area contributed by atoms with Gasteiger partial charge in [0.05, 0.1) is 6.54 Å². The lowest BCUT2D eigenvalue weighted by Gasteiger charge is -2.17. The number of hydrogen-bond acceptors (Lipinski definition) is 5. The molecule has 0 spiro atoms. The average molecular weight is 447 g/mol. The van der Waals surface area contributed by atoms with Gasteiger partial charge in [-0.05, 0) is 29.8 Å². The van der Waals surface area contributed by atoms with E-state index in [0.717, 1.165) is 15.3 Å². The lowest BCUT2D eigenvalue weighted by Crippen LogP contribution is -2.27. The molecule has 152 valence electrons. The standard InChI is InChI=1S/C21H22N2O3S3/c1-23(2)29(25,26)19-14-13-18(27-19)15-22-21(24)20(16-9-5-3-6-10-16)28-17-11-7-4-8-12-17/h3-14,20H,15H2,1-2H3,(H,22,24)/t20-/m1/s1. The number of benzene rings is 2. The van der Waals surface area contributed by atoms with Gasteiger partial charge < -0.3 is 5.32 Å². The molecule has 1 heterocycles. The fourth-order valence-corrected chi connectivity index (χ4v) is 6.11. The van der Waals surface area contributed by atoms with Crippen LogP contribution in [0.2, 0.25) is 0 Å². The van der Waals surface area contributed by atoms with Gasteiger partial charge in [0.25, 0.3) is 10.0 Å². The maximum atomic E-state index is 13.0.